The summed E-state index contributed by atoms with van der Waals surface area (Å²) in [5.74, 6) is -0.512. The zero-order valence-electron chi connectivity index (χ0n) is 9.03. The summed E-state index contributed by atoms with van der Waals surface area (Å²) in [6.07, 6.45) is 3.58. The fourth-order valence-corrected chi connectivity index (χ4v) is 1.62. The largest absolute Gasteiger partial charge is 0.397 e. The van der Waals surface area contributed by atoms with Gasteiger partial charge in [-0.05, 0) is 12.1 Å². The Bertz CT molecular complexity index is 498. The first-order valence-electron chi connectivity index (χ1n) is 5.12. The summed E-state index contributed by atoms with van der Waals surface area (Å²) < 4.78 is 14.8. The second-order valence-corrected chi connectivity index (χ2v) is 3.96. The molecule has 4 nitrogen and oxygen atoms in total. The lowest BCUT2D eigenvalue weighted by molar-refractivity contribution is 0.628. The van der Waals surface area contributed by atoms with Gasteiger partial charge in [-0.3, -0.25) is 4.68 Å². The third kappa shape index (κ3) is 2.88. The van der Waals surface area contributed by atoms with E-state index in [9.17, 15) is 4.39 Å². The standard InChI is InChI=1S/C11H12ClFN4/c12-8-6-11(10(14)7-9(8)13)15-3-5-17-4-1-2-16-17/h1-2,4,6-7,15H,3,5,14H2. The smallest absolute Gasteiger partial charge is 0.143 e. The van der Waals surface area contributed by atoms with Gasteiger partial charge < -0.3 is 11.1 Å². The Morgan fingerprint density at radius 2 is 2.29 bits per heavy atom. The van der Waals surface area contributed by atoms with Gasteiger partial charge in [-0.2, -0.15) is 5.10 Å². The summed E-state index contributed by atoms with van der Waals surface area (Å²) >= 11 is 5.68. The lowest BCUT2D eigenvalue weighted by Gasteiger charge is -2.10. The summed E-state index contributed by atoms with van der Waals surface area (Å²) in [5, 5.41) is 7.20. The van der Waals surface area contributed by atoms with Gasteiger partial charge in [0.1, 0.15) is 5.82 Å². The molecule has 2 rings (SSSR count). The van der Waals surface area contributed by atoms with Crippen LogP contribution in [-0.2, 0) is 6.54 Å². The first kappa shape index (κ1) is 11.7. The van der Waals surface area contributed by atoms with Crippen molar-refractivity contribution in [1.82, 2.24) is 9.78 Å². The fourth-order valence-electron chi connectivity index (χ4n) is 1.45. The summed E-state index contributed by atoms with van der Waals surface area (Å²) in [6, 6.07) is 4.54. The Morgan fingerprint density at radius 1 is 1.47 bits per heavy atom. The highest BCUT2D eigenvalue weighted by atomic mass is 35.5. The molecule has 6 heteroatoms. The number of nitrogens with one attached hydrogen (secondary N) is 1. The normalized spacial score (nSPS) is 10.5. The van der Waals surface area contributed by atoms with Crippen LogP contribution in [0.15, 0.2) is 30.6 Å². The van der Waals surface area contributed by atoms with Gasteiger partial charge in [0.2, 0.25) is 0 Å². The van der Waals surface area contributed by atoms with Gasteiger partial charge in [0, 0.05) is 25.0 Å². The van der Waals surface area contributed by atoms with Crippen molar-refractivity contribution in [2.75, 3.05) is 17.6 Å². The molecule has 0 amide bonds. The lowest BCUT2D eigenvalue weighted by atomic mass is 10.2. The van der Waals surface area contributed by atoms with Crippen LogP contribution in [0.1, 0.15) is 0 Å². The number of nitrogens with zero attached hydrogens (tertiary/aromatic N) is 2. The van der Waals surface area contributed by atoms with E-state index in [2.05, 4.69) is 10.4 Å². The molecule has 0 aliphatic heterocycles. The summed E-state index contributed by atoms with van der Waals surface area (Å²) in [5.41, 5.74) is 6.63. The number of nitrogens with two attached hydrogens (primary N) is 1. The minimum absolute atomic E-state index is 0.0563. The molecule has 0 spiro atoms. The highest BCUT2D eigenvalue weighted by Crippen LogP contribution is 2.25. The number of rotatable bonds is 4. The molecule has 0 atom stereocenters. The predicted molar refractivity (Wildman–Crippen MR) is 66.5 cm³/mol. The second kappa shape index (κ2) is 5.05. The van der Waals surface area contributed by atoms with Gasteiger partial charge in [0.05, 0.1) is 22.9 Å². The molecule has 1 aromatic carbocycles. The first-order valence-corrected chi connectivity index (χ1v) is 5.50. The van der Waals surface area contributed by atoms with Crippen molar-refractivity contribution in [1.29, 1.82) is 0 Å². The molecule has 17 heavy (non-hydrogen) atoms. The average Bonchev–Trinajstić information content (AvgIpc) is 2.78. The van der Waals surface area contributed by atoms with Crippen LogP contribution in [0, 0.1) is 5.82 Å². The highest BCUT2D eigenvalue weighted by Gasteiger charge is 2.05. The lowest BCUT2D eigenvalue weighted by Crippen LogP contribution is -2.12. The molecule has 1 heterocycles. The molecule has 2 aromatic rings. The molecule has 0 aliphatic carbocycles. The molecular formula is C11H12ClFN4. The average molecular weight is 255 g/mol. The number of benzene rings is 1. The van der Waals surface area contributed by atoms with Gasteiger partial charge in [-0.1, -0.05) is 11.6 Å². The van der Waals surface area contributed by atoms with Gasteiger partial charge in [0.25, 0.3) is 0 Å². The van der Waals surface area contributed by atoms with Crippen molar-refractivity contribution in [3.63, 3.8) is 0 Å². The van der Waals surface area contributed by atoms with Crippen molar-refractivity contribution in [2.45, 2.75) is 6.54 Å². The zero-order chi connectivity index (χ0) is 12.3. The summed E-state index contributed by atoms with van der Waals surface area (Å²) in [7, 11) is 0. The topological polar surface area (TPSA) is 55.9 Å². The van der Waals surface area contributed by atoms with Crippen molar-refractivity contribution in [3.8, 4) is 0 Å². The van der Waals surface area contributed by atoms with Gasteiger partial charge in [0.15, 0.2) is 0 Å². The number of hydrogen-bond donors (Lipinski definition) is 2. The van der Waals surface area contributed by atoms with Crippen LogP contribution in [0.2, 0.25) is 5.02 Å². The van der Waals surface area contributed by atoms with Crippen LogP contribution < -0.4 is 11.1 Å². The summed E-state index contributed by atoms with van der Waals surface area (Å²) in [4.78, 5) is 0. The minimum atomic E-state index is -0.512. The molecule has 0 bridgehead atoms. The first-order chi connectivity index (χ1) is 8.16. The van der Waals surface area contributed by atoms with Gasteiger partial charge >= 0.3 is 0 Å². The van der Waals surface area contributed by atoms with E-state index < -0.39 is 5.82 Å². The van der Waals surface area contributed by atoms with Crippen LogP contribution in [-0.4, -0.2) is 16.3 Å². The van der Waals surface area contributed by atoms with E-state index in [4.69, 9.17) is 17.3 Å². The minimum Gasteiger partial charge on any atom is -0.397 e. The van der Waals surface area contributed by atoms with E-state index in [0.717, 1.165) is 0 Å². The number of halogens is 2. The second-order valence-electron chi connectivity index (χ2n) is 3.55. The molecule has 0 aliphatic rings. The molecule has 0 fully saturated rings. The quantitative estimate of drug-likeness (QED) is 0.824. The maximum atomic E-state index is 13.1. The van der Waals surface area contributed by atoms with E-state index >= 15 is 0 Å². The monoisotopic (exact) mass is 254 g/mol. The van der Waals surface area contributed by atoms with Crippen LogP contribution in [0.5, 0.6) is 0 Å². The van der Waals surface area contributed by atoms with Crippen LogP contribution in [0.25, 0.3) is 0 Å². The molecule has 1 aromatic heterocycles. The van der Waals surface area contributed by atoms with Crippen LogP contribution in [0.4, 0.5) is 15.8 Å². The summed E-state index contributed by atoms with van der Waals surface area (Å²) in [6.45, 7) is 1.33. The SMILES string of the molecule is Nc1cc(F)c(Cl)cc1NCCn1cccn1. The van der Waals surface area contributed by atoms with E-state index in [1.54, 1.807) is 10.9 Å². The molecule has 3 N–H and O–H groups in total. The van der Waals surface area contributed by atoms with Crippen LogP contribution in [0.3, 0.4) is 0 Å². The number of nitrogen functional groups attached to an aromatic ring is 1. The van der Waals surface area contributed by atoms with E-state index in [0.29, 0.717) is 24.5 Å². The van der Waals surface area contributed by atoms with E-state index in [-0.39, 0.29) is 5.02 Å². The van der Waals surface area contributed by atoms with E-state index in [1.165, 1.54) is 12.1 Å². The Balaban J connectivity index is 1.97. The number of aromatic nitrogens is 2. The van der Waals surface area contributed by atoms with Crippen LogP contribution >= 0.6 is 11.6 Å². The Morgan fingerprint density at radius 3 is 3.00 bits per heavy atom. The maximum Gasteiger partial charge on any atom is 0.143 e. The fraction of sp³-hybridized carbons (Fsp3) is 0.182. The van der Waals surface area contributed by atoms with Crippen molar-refractivity contribution >= 4 is 23.0 Å². The molecule has 0 saturated carbocycles. The van der Waals surface area contributed by atoms with E-state index in [1.807, 2.05) is 12.3 Å². The van der Waals surface area contributed by atoms with Gasteiger partial charge in [-0.15, -0.1) is 0 Å². The van der Waals surface area contributed by atoms with Crippen molar-refractivity contribution in [2.24, 2.45) is 0 Å². The highest BCUT2D eigenvalue weighted by molar-refractivity contribution is 6.31. The Hall–Kier alpha value is -1.75. The van der Waals surface area contributed by atoms with Crippen molar-refractivity contribution in [3.05, 3.63) is 41.4 Å². The molecule has 90 valence electrons. The predicted octanol–water partition coefficient (Wildman–Crippen LogP) is 2.37. The molecule has 0 saturated heterocycles. The molecule has 0 radical (unpaired) electrons. The number of anilines is 2. The molecular weight excluding hydrogens is 243 g/mol. The molecule has 0 unspecified atom stereocenters. The van der Waals surface area contributed by atoms with Gasteiger partial charge in [-0.25, -0.2) is 4.39 Å². The zero-order valence-corrected chi connectivity index (χ0v) is 9.78. The maximum absolute atomic E-state index is 13.1. The third-order valence-corrected chi connectivity index (χ3v) is 2.60. The third-order valence-electron chi connectivity index (χ3n) is 2.31. The van der Waals surface area contributed by atoms with Crippen molar-refractivity contribution < 1.29 is 4.39 Å². The Kier molecular flexibility index (Phi) is 3.49. The number of hydrogen-bond acceptors (Lipinski definition) is 3. The Labute approximate surface area is 103 Å².